The molecule has 0 unspecified atom stereocenters. The number of urea groups is 1. The van der Waals surface area contributed by atoms with E-state index in [4.69, 9.17) is 16.7 Å². The van der Waals surface area contributed by atoms with Gasteiger partial charge in [0.25, 0.3) is 0 Å². The first kappa shape index (κ1) is 14.5. The van der Waals surface area contributed by atoms with Crippen molar-refractivity contribution in [3.63, 3.8) is 0 Å². The van der Waals surface area contributed by atoms with Gasteiger partial charge in [-0.3, -0.25) is 0 Å². The Kier molecular flexibility index (Phi) is 5.12. The molecule has 0 saturated heterocycles. The molecule has 0 radical (unpaired) electrons. The van der Waals surface area contributed by atoms with Gasteiger partial charge < -0.3 is 10.4 Å². The minimum Gasteiger partial charge on any atom is -0.394 e. The molecule has 0 aliphatic rings. The average molecular weight is 270 g/mol. The fourth-order valence-corrected chi connectivity index (χ4v) is 1.22. The van der Waals surface area contributed by atoms with Crippen LogP contribution in [0.2, 0.25) is 5.02 Å². The molecule has 0 fully saturated rings. The van der Waals surface area contributed by atoms with E-state index in [-0.39, 0.29) is 6.61 Å². The van der Waals surface area contributed by atoms with Gasteiger partial charge in [-0.15, -0.1) is 0 Å². The Morgan fingerprint density at radius 3 is 2.61 bits per heavy atom. The molecule has 5 nitrogen and oxygen atoms in total. The van der Waals surface area contributed by atoms with Crippen molar-refractivity contribution in [2.75, 3.05) is 6.61 Å². The largest absolute Gasteiger partial charge is 0.394 e. The number of carbonyl (C=O) groups excluding carboxylic acids is 1. The van der Waals surface area contributed by atoms with E-state index < -0.39 is 11.6 Å². The number of amides is 2. The topological polar surface area (TPSA) is 73.7 Å². The first-order chi connectivity index (χ1) is 8.43. The van der Waals surface area contributed by atoms with E-state index in [1.807, 2.05) is 0 Å². The number of benzene rings is 1. The highest BCUT2D eigenvalue weighted by Crippen LogP contribution is 2.07. The van der Waals surface area contributed by atoms with Gasteiger partial charge in [0.15, 0.2) is 0 Å². The van der Waals surface area contributed by atoms with Crippen LogP contribution in [0.1, 0.15) is 19.4 Å². The molecule has 0 bridgehead atoms. The second kappa shape index (κ2) is 6.37. The number of halogens is 1. The van der Waals surface area contributed by atoms with Crippen LogP contribution in [0.4, 0.5) is 4.79 Å². The number of rotatable bonds is 4. The lowest BCUT2D eigenvalue weighted by Gasteiger charge is -2.22. The molecular weight excluding hydrogens is 254 g/mol. The zero-order valence-electron chi connectivity index (χ0n) is 10.3. The monoisotopic (exact) mass is 269 g/mol. The van der Waals surface area contributed by atoms with Gasteiger partial charge in [0, 0.05) is 5.02 Å². The third-order valence-electron chi connectivity index (χ3n) is 2.10. The van der Waals surface area contributed by atoms with Gasteiger partial charge in [-0.1, -0.05) is 23.7 Å². The molecule has 6 heteroatoms. The number of nitrogens with zero attached hydrogens (tertiary/aromatic N) is 1. The number of aliphatic hydroxyl groups is 1. The van der Waals surface area contributed by atoms with Crippen molar-refractivity contribution in [2.45, 2.75) is 19.4 Å². The second-order valence-electron chi connectivity index (χ2n) is 4.42. The van der Waals surface area contributed by atoms with Gasteiger partial charge in [0.1, 0.15) is 0 Å². The highest BCUT2D eigenvalue weighted by molar-refractivity contribution is 6.30. The van der Waals surface area contributed by atoms with Crippen LogP contribution < -0.4 is 10.7 Å². The molecule has 1 aromatic rings. The minimum atomic E-state index is -0.681. The van der Waals surface area contributed by atoms with E-state index in [0.717, 1.165) is 5.56 Å². The predicted octanol–water partition coefficient (Wildman–Crippen LogP) is 1.74. The minimum absolute atomic E-state index is 0.151. The van der Waals surface area contributed by atoms with Crippen LogP contribution in [0.3, 0.4) is 0 Å². The molecule has 0 aliphatic heterocycles. The number of nitrogens with one attached hydrogen (secondary N) is 2. The number of aliphatic hydroxyl groups excluding tert-OH is 1. The highest BCUT2D eigenvalue weighted by atomic mass is 35.5. The van der Waals surface area contributed by atoms with E-state index in [1.165, 1.54) is 6.21 Å². The maximum absolute atomic E-state index is 11.4. The van der Waals surface area contributed by atoms with Crippen molar-refractivity contribution in [3.05, 3.63) is 34.9 Å². The summed E-state index contributed by atoms with van der Waals surface area (Å²) in [7, 11) is 0. The first-order valence-electron chi connectivity index (χ1n) is 5.40. The first-order valence-corrected chi connectivity index (χ1v) is 5.78. The van der Waals surface area contributed by atoms with Crippen molar-refractivity contribution >= 4 is 23.8 Å². The number of hydrogen-bond donors (Lipinski definition) is 3. The number of carbonyl (C=O) groups is 1. The summed E-state index contributed by atoms with van der Waals surface area (Å²) >= 11 is 5.74. The van der Waals surface area contributed by atoms with Crippen molar-refractivity contribution in [1.82, 2.24) is 10.7 Å². The van der Waals surface area contributed by atoms with Crippen molar-refractivity contribution < 1.29 is 9.90 Å². The summed E-state index contributed by atoms with van der Waals surface area (Å²) in [5, 5.41) is 16.0. The van der Waals surface area contributed by atoms with E-state index >= 15 is 0 Å². The average Bonchev–Trinajstić information content (AvgIpc) is 2.31. The Hall–Kier alpha value is -1.59. The Bertz CT molecular complexity index is 429. The quantitative estimate of drug-likeness (QED) is 0.575. The SMILES string of the molecule is CC(C)(CO)NC(=O)N/N=C\c1ccc(Cl)cc1. The molecule has 2 amide bonds. The molecule has 0 aliphatic carbocycles. The predicted molar refractivity (Wildman–Crippen MR) is 71.9 cm³/mol. The fourth-order valence-electron chi connectivity index (χ4n) is 1.09. The molecule has 0 aromatic heterocycles. The smallest absolute Gasteiger partial charge is 0.335 e. The molecule has 0 spiro atoms. The van der Waals surface area contributed by atoms with Crippen molar-refractivity contribution in [2.24, 2.45) is 5.10 Å². The van der Waals surface area contributed by atoms with Gasteiger partial charge in [-0.2, -0.15) is 5.10 Å². The van der Waals surface area contributed by atoms with E-state index in [9.17, 15) is 4.79 Å². The molecule has 0 heterocycles. The maximum Gasteiger partial charge on any atom is 0.335 e. The number of hydrazone groups is 1. The van der Waals surface area contributed by atoms with Crippen molar-refractivity contribution in [3.8, 4) is 0 Å². The Labute approximate surface area is 111 Å². The highest BCUT2D eigenvalue weighted by Gasteiger charge is 2.18. The van der Waals surface area contributed by atoms with Gasteiger partial charge in [-0.25, -0.2) is 10.2 Å². The van der Waals surface area contributed by atoms with Gasteiger partial charge in [-0.05, 0) is 31.5 Å². The summed E-state index contributed by atoms with van der Waals surface area (Å²) in [4.78, 5) is 11.4. The van der Waals surface area contributed by atoms with E-state index in [1.54, 1.807) is 38.1 Å². The van der Waals surface area contributed by atoms with Gasteiger partial charge >= 0.3 is 6.03 Å². The van der Waals surface area contributed by atoms with Gasteiger partial charge in [0.2, 0.25) is 0 Å². The van der Waals surface area contributed by atoms with Crippen LogP contribution >= 0.6 is 11.6 Å². The lowest BCUT2D eigenvalue weighted by atomic mass is 10.1. The summed E-state index contributed by atoms with van der Waals surface area (Å²) in [5.74, 6) is 0. The Morgan fingerprint density at radius 1 is 1.44 bits per heavy atom. The Balaban J connectivity index is 2.45. The second-order valence-corrected chi connectivity index (χ2v) is 4.85. The van der Waals surface area contributed by atoms with Crippen LogP contribution in [-0.4, -0.2) is 29.5 Å². The molecular formula is C12H16ClN3O2. The van der Waals surface area contributed by atoms with Crippen LogP contribution in [0.15, 0.2) is 29.4 Å². The van der Waals surface area contributed by atoms with E-state index in [2.05, 4.69) is 15.8 Å². The third kappa shape index (κ3) is 5.16. The summed E-state index contributed by atoms with van der Waals surface area (Å²) < 4.78 is 0. The summed E-state index contributed by atoms with van der Waals surface area (Å²) in [5.41, 5.74) is 2.45. The molecule has 1 aromatic carbocycles. The van der Waals surface area contributed by atoms with Crippen LogP contribution in [0.5, 0.6) is 0 Å². The summed E-state index contributed by atoms with van der Waals surface area (Å²) in [6, 6.07) is 6.56. The van der Waals surface area contributed by atoms with Crippen LogP contribution in [-0.2, 0) is 0 Å². The molecule has 18 heavy (non-hydrogen) atoms. The third-order valence-corrected chi connectivity index (χ3v) is 2.35. The van der Waals surface area contributed by atoms with Crippen LogP contribution in [0.25, 0.3) is 0 Å². The molecule has 1 rings (SSSR count). The summed E-state index contributed by atoms with van der Waals surface area (Å²) in [6.07, 6.45) is 1.50. The Morgan fingerprint density at radius 2 is 2.06 bits per heavy atom. The zero-order valence-corrected chi connectivity index (χ0v) is 11.0. The molecule has 3 N–H and O–H groups in total. The number of hydrogen-bond acceptors (Lipinski definition) is 3. The van der Waals surface area contributed by atoms with Crippen LogP contribution in [0, 0.1) is 0 Å². The molecule has 0 atom stereocenters. The summed E-state index contributed by atoms with van der Waals surface area (Å²) in [6.45, 7) is 3.26. The zero-order chi connectivity index (χ0) is 13.6. The standard InChI is InChI=1S/C12H16ClN3O2/c1-12(2,8-17)15-11(18)16-14-7-9-3-5-10(13)6-4-9/h3-7,17H,8H2,1-2H3,(H2,15,16,18)/b14-7-. The van der Waals surface area contributed by atoms with Crippen molar-refractivity contribution in [1.29, 1.82) is 0 Å². The lowest BCUT2D eigenvalue weighted by Crippen LogP contribution is -2.49. The lowest BCUT2D eigenvalue weighted by molar-refractivity contribution is 0.182. The normalized spacial score (nSPS) is 11.6. The maximum atomic E-state index is 11.4. The van der Waals surface area contributed by atoms with E-state index in [0.29, 0.717) is 5.02 Å². The fraction of sp³-hybridized carbons (Fsp3) is 0.333. The molecule has 98 valence electrons. The van der Waals surface area contributed by atoms with Gasteiger partial charge in [0.05, 0.1) is 18.4 Å². The molecule has 0 saturated carbocycles.